The van der Waals surface area contributed by atoms with Crippen LogP contribution in [0.25, 0.3) is 33.5 Å². The van der Waals surface area contributed by atoms with E-state index in [1.807, 2.05) is 13.8 Å². The summed E-state index contributed by atoms with van der Waals surface area (Å²) in [6.07, 6.45) is -13.2. The molecule has 0 saturated carbocycles. The van der Waals surface area contributed by atoms with E-state index in [-0.39, 0.29) is 70.4 Å². The molecule has 3 aliphatic heterocycles. The maximum Gasteiger partial charge on any atom is 0.490 e. The number of hydrogen-bond donors (Lipinski definition) is 13. The van der Waals surface area contributed by atoms with Gasteiger partial charge in [-0.1, -0.05) is 13.8 Å². The van der Waals surface area contributed by atoms with Crippen molar-refractivity contribution in [2.24, 2.45) is 11.8 Å². The van der Waals surface area contributed by atoms with Gasteiger partial charge in [-0.3, -0.25) is 56.7 Å². The Morgan fingerprint density at radius 3 is 1.73 bits per heavy atom. The second kappa shape index (κ2) is 23.8. The number of phosphoric acid groups is 4. The molecule has 6 aromatic rings. The highest BCUT2D eigenvalue weighted by Crippen LogP contribution is 2.68. The van der Waals surface area contributed by atoms with Crippen LogP contribution in [0.2, 0.25) is 0 Å². The van der Waals surface area contributed by atoms with Gasteiger partial charge in [0.25, 0.3) is 11.1 Å². The molecule has 0 spiro atoms. The van der Waals surface area contributed by atoms with Gasteiger partial charge >= 0.3 is 31.3 Å². The number of aromatic amines is 2. The third kappa shape index (κ3) is 13.3. The smallest absolute Gasteiger partial charge is 0.388 e. The minimum atomic E-state index is -6.20. The molecule has 6 aromatic heterocycles. The van der Waals surface area contributed by atoms with Gasteiger partial charge in [0.1, 0.15) is 54.6 Å². The number of fused-ring (bicyclic) bond motifs is 3. The molecule has 9 heterocycles. The highest BCUT2D eigenvalue weighted by atomic mass is 31.3. The van der Waals surface area contributed by atoms with E-state index in [2.05, 4.69) is 58.8 Å². The van der Waals surface area contributed by atoms with Crippen molar-refractivity contribution in [2.75, 3.05) is 64.0 Å². The minimum Gasteiger partial charge on any atom is -0.388 e. The lowest BCUT2D eigenvalue weighted by atomic mass is 9.98. The summed E-state index contributed by atoms with van der Waals surface area (Å²) in [5.41, 5.74) is 15.4. The molecule has 9 rings (SSSR count). The monoisotopic (exact) mass is 1230 g/mol. The number of hydrogen-bond acceptors (Lipinski definition) is 31. The number of ether oxygens (including phenoxy) is 5. The molecule has 16 atom stereocenters. The second-order valence-electron chi connectivity index (χ2n) is 18.5. The number of methoxy groups -OCH3 is 1. The highest BCUT2D eigenvalue weighted by Gasteiger charge is 2.53. The number of nitrogen functional groups attached to an aromatic ring is 3. The van der Waals surface area contributed by atoms with Crippen molar-refractivity contribution in [1.82, 2.24) is 63.9 Å². The lowest BCUT2D eigenvalue weighted by Gasteiger charge is -2.26. The maximum atomic E-state index is 13.8. The van der Waals surface area contributed by atoms with Crippen LogP contribution < -0.4 is 33.6 Å². The molecule has 0 amide bonds. The molecule has 3 fully saturated rings. The van der Waals surface area contributed by atoms with Gasteiger partial charge in [0.05, 0.1) is 58.2 Å². The molecule has 40 nitrogen and oxygen atoms in total. The number of aromatic nitrogens is 12. The minimum absolute atomic E-state index is 0.0130. The second-order valence-corrected chi connectivity index (χ2v) is 24.6. The van der Waals surface area contributed by atoms with Crippen LogP contribution in [0.5, 0.6) is 0 Å². The van der Waals surface area contributed by atoms with Crippen LogP contribution in [0.4, 0.5) is 17.7 Å². The number of rotatable bonds is 25. The van der Waals surface area contributed by atoms with E-state index in [1.165, 1.54) is 9.13 Å². The zero-order chi connectivity index (χ0) is 58.5. The first kappa shape index (κ1) is 60.4. The topological polar surface area (TPSA) is 572 Å². The lowest BCUT2D eigenvalue weighted by Crippen LogP contribution is -2.38. The van der Waals surface area contributed by atoms with Crippen molar-refractivity contribution in [1.29, 1.82) is 0 Å². The average Bonchev–Trinajstić information content (AvgIpc) is 4.46. The molecule has 4 unspecified atom stereocenters. The van der Waals surface area contributed by atoms with Crippen LogP contribution in [0.1, 0.15) is 32.5 Å². The Kier molecular flexibility index (Phi) is 17.8. The van der Waals surface area contributed by atoms with Crippen molar-refractivity contribution in [3.8, 4) is 0 Å². The Bertz CT molecular complexity index is 3570. The number of nitrogens with one attached hydrogen (secondary N) is 3. The molecular weight excluding hydrogens is 1180 g/mol. The molecule has 3 saturated heterocycles. The molecule has 446 valence electrons. The van der Waals surface area contributed by atoms with Crippen molar-refractivity contribution >= 4 is 82.5 Å². The zero-order valence-corrected chi connectivity index (χ0v) is 45.7. The van der Waals surface area contributed by atoms with Crippen LogP contribution >= 0.6 is 31.3 Å². The van der Waals surface area contributed by atoms with E-state index in [1.54, 1.807) is 0 Å². The number of anilines is 3. The predicted molar refractivity (Wildman–Crippen MR) is 267 cm³/mol. The maximum absolute atomic E-state index is 13.8. The Balaban J connectivity index is 0.867. The summed E-state index contributed by atoms with van der Waals surface area (Å²) in [7, 11) is -22.4. The van der Waals surface area contributed by atoms with Gasteiger partial charge in [-0.05, 0) is 5.92 Å². The SMILES string of the molecule is CO[C@@H]1[C@H](OP(=O)(O)OC[C@H]2O[C@@H](n3cnc4c(=O)[nH]c(N)nc43)[C@H](O)[C@@H]2O)[C@@H](COP(=O)(O)OP(=O)(O)OP(=O)(O)OC[C@H]2O[C@@H](n3cnc4c(=O)[nH]c(N)nc43)[C@H](O)[C@@H]2CNCOCC(C)C)O[C@H]1n1cnc2c(N)ncnc21. The van der Waals surface area contributed by atoms with E-state index in [0.29, 0.717) is 6.61 Å². The molecule has 81 heavy (non-hydrogen) atoms. The lowest BCUT2D eigenvalue weighted by molar-refractivity contribution is -0.0581. The number of aliphatic hydroxyl groups excluding tert-OH is 3. The van der Waals surface area contributed by atoms with E-state index in [9.17, 15) is 62.7 Å². The van der Waals surface area contributed by atoms with E-state index in [4.69, 9.17) is 59.0 Å². The fourth-order valence-electron chi connectivity index (χ4n) is 8.90. The Morgan fingerprint density at radius 1 is 0.642 bits per heavy atom. The summed E-state index contributed by atoms with van der Waals surface area (Å²) in [5, 5.41) is 36.2. The van der Waals surface area contributed by atoms with E-state index in [0.717, 1.165) is 37.0 Å². The summed E-state index contributed by atoms with van der Waals surface area (Å²) >= 11 is 0. The van der Waals surface area contributed by atoms with Crippen molar-refractivity contribution < 1.29 is 104 Å². The van der Waals surface area contributed by atoms with Crippen LogP contribution in [0, 0.1) is 11.8 Å². The molecular formula is C37H54N16O24P4. The van der Waals surface area contributed by atoms with Gasteiger partial charge in [0, 0.05) is 19.6 Å². The van der Waals surface area contributed by atoms with Crippen LogP contribution in [-0.2, 0) is 68.7 Å². The number of imidazole rings is 3. The van der Waals surface area contributed by atoms with Gasteiger partial charge in [-0.15, -0.1) is 0 Å². The van der Waals surface area contributed by atoms with Crippen LogP contribution in [-0.4, -0.2) is 189 Å². The summed E-state index contributed by atoms with van der Waals surface area (Å²) in [6, 6.07) is 0. The quantitative estimate of drug-likeness (QED) is 0.0158. The molecule has 44 heteroatoms. The number of nitrogens with zero attached hydrogens (tertiary/aromatic N) is 10. The van der Waals surface area contributed by atoms with E-state index < -0.39 is 136 Å². The molecule has 0 aromatic carbocycles. The largest absolute Gasteiger partial charge is 0.490 e. The summed E-state index contributed by atoms with van der Waals surface area (Å²) in [5.74, 6) is -1.55. The predicted octanol–water partition coefficient (Wildman–Crippen LogP) is -2.67. The van der Waals surface area contributed by atoms with Crippen molar-refractivity contribution in [3.05, 3.63) is 46.0 Å². The third-order valence-electron chi connectivity index (χ3n) is 12.4. The standard InChI is InChI=1S/C37H54N16O24P4/c1-14(2)5-68-13-41-4-15-16(72-33(22(15)54)52-11-45-20-29(52)47-36(39)49-31(20)57)6-70-79(61,62)76-81(65,66)77-80(63,64)71-8-18-25(26(67-3)35(74-18)51-10-44-19-27(38)42-9-43-28(19)51)75-78(59,60)69-7-17-23(55)24(56)34(73-17)53-12-46-21-30(53)48-37(40)50-32(21)58/h9-12,14-18,22-26,33-35,41,54-56H,4-8,13H2,1-3H3,(H,59,60)(H,61,62)(H,63,64)(H,65,66)(H2,38,42,43)(H3,39,47,49,57)(H3,40,48,50,58)/t15-,16-,17-,18-,22-,23-,24-,25-,26-,33-,34-,35-/m1/s1. The number of nitrogens with two attached hydrogens (primary N) is 3. The van der Waals surface area contributed by atoms with Crippen molar-refractivity contribution in [2.45, 2.75) is 81.4 Å². The first-order valence-electron chi connectivity index (χ1n) is 23.7. The van der Waals surface area contributed by atoms with E-state index >= 15 is 0 Å². The number of phosphoric ester groups is 3. The molecule has 0 aliphatic carbocycles. The third-order valence-corrected chi connectivity index (χ3v) is 17.7. The Morgan fingerprint density at radius 2 is 1.15 bits per heavy atom. The van der Waals surface area contributed by atoms with Crippen LogP contribution in [0.15, 0.2) is 34.9 Å². The van der Waals surface area contributed by atoms with Gasteiger partial charge in [0.2, 0.25) is 11.9 Å². The Hall–Kier alpha value is -5.19. The molecule has 16 N–H and O–H groups in total. The molecule has 0 radical (unpaired) electrons. The zero-order valence-electron chi connectivity index (χ0n) is 42.1. The normalized spacial score (nSPS) is 29.2. The molecule has 0 bridgehead atoms. The summed E-state index contributed by atoms with van der Waals surface area (Å²) in [4.78, 5) is 101. The van der Waals surface area contributed by atoms with Gasteiger partial charge < -0.3 is 75.8 Å². The first-order chi connectivity index (χ1) is 38.1. The van der Waals surface area contributed by atoms with Gasteiger partial charge in [0.15, 0.2) is 52.5 Å². The van der Waals surface area contributed by atoms with Gasteiger partial charge in [-0.25, -0.2) is 43.2 Å². The van der Waals surface area contributed by atoms with Crippen molar-refractivity contribution in [3.63, 3.8) is 0 Å². The first-order valence-corrected chi connectivity index (χ1v) is 29.7. The summed E-state index contributed by atoms with van der Waals surface area (Å²) in [6.45, 7) is 0.864. The van der Waals surface area contributed by atoms with Gasteiger partial charge in [-0.2, -0.15) is 18.6 Å². The highest BCUT2D eigenvalue weighted by molar-refractivity contribution is 7.66. The number of aliphatic hydroxyl groups is 3. The summed E-state index contributed by atoms with van der Waals surface area (Å²) < 4.78 is 115. The Labute approximate surface area is 452 Å². The number of H-pyrrole nitrogens is 2. The van der Waals surface area contributed by atoms with Crippen LogP contribution in [0.3, 0.4) is 0 Å². The molecule has 3 aliphatic rings. The average molecular weight is 1230 g/mol. The fraction of sp³-hybridized carbons (Fsp3) is 0.595. The fourth-order valence-corrected chi connectivity index (χ4v) is 13.4.